The Morgan fingerprint density at radius 2 is 1.10 bits per heavy atom. The molecule has 0 aliphatic carbocycles. The number of hydrogen-bond acceptors (Lipinski definition) is 13. The predicted molar refractivity (Wildman–Crippen MR) is 158 cm³/mol. The number of nitrogens with zero attached hydrogens (tertiary/aromatic N) is 6. The van der Waals surface area contributed by atoms with E-state index in [9.17, 15) is 4.79 Å². The monoisotopic (exact) mass is 604 g/mol. The fourth-order valence-electron chi connectivity index (χ4n) is 3.64. The quantitative estimate of drug-likeness (QED) is 0.149. The molecule has 0 atom stereocenters. The summed E-state index contributed by atoms with van der Waals surface area (Å²) in [5.74, 6) is 1.14. The lowest BCUT2D eigenvalue weighted by molar-refractivity contribution is -0.114. The Morgan fingerprint density at radius 3 is 1.52 bits per heavy atom. The summed E-state index contributed by atoms with van der Waals surface area (Å²) in [7, 11) is 0. The van der Waals surface area contributed by atoms with Crippen LogP contribution in [0.15, 0.2) is 79.9 Å². The first-order valence-electron chi connectivity index (χ1n) is 12.0. The van der Waals surface area contributed by atoms with Gasteiger partial charge in [-0.25, -0.2) is 9.97 Å². The highest BCUT2D eigenvalue weighted by molar-refractivity contribution is 8.01. The van der Waals surface area contributed by atoms with E-state index in [1.165, 1.54) is 46.2 Å². The fourth-order valence-corrected chi connectivity index (χ4v) is 7.01. The summed E-state index contributed by atoms with van der Waals surface area (Å²) < 4.78 is 11.6. The van der Waals surface area contributed by atoms with Crippen LogP contribution < -0.4 is 0 Å². The maximum atomic E-state index is 12.5. The summed E-state index contributed by atoms with van der Waals surface area (Å²) in [6.45, 7) is 3.83. The SMILES string of the molecule is Cc1nc(-c2ccccc2)sc1-c1nnc(SCC(=O)CSc2nnc(-c3sc(-c4ccccc4)nc3C)o2)o1. The van der Waals surface area contributed by atoms with Gasteiger partial charge in [0.1, 0.15) is 19.8 Å². The Bertz CT molecular complexity index is 1630. The van der Waals surface area contributed by atoms with Gasteiger partial charge in [0.05, 0.1) is 22.9 Å². The molecule has 6 rings (SSSR count). The van der Waals surface area contributed by atoms with Gasteiger partial charge in [0, 0.05) is 11.1 Å². The first kappa shape index (κ1) is 26.6. The molecule has 0 spiro atoms. The number of thioether (sulfide) groups is 2. The zero-order valence-electron chi connectivity index (χ0n) is 21.2. The number of carbonyl (C=O) groups is 1. The molecule has 0 N–H and O–H groups in total. The molecule has 0 radical (unpaired) electrons. The Hall–Kier alpha value is -3.65. The van der Waals surface area contributed by atoms with Crippen molar-refractivity contribution in [2.45, 2.75) is 24.3 Å². The summed E-state index contributed by atoms with van der Waals surface area (Å²) in [6.07, 6.45) is 0. The molecule has 0 aliphatic heterocycles. The number of aryl methyl sites for hydroxylation is 2. The minimum atomic E-state index is -0.0184. The second-order valence-corrected chi connectivity index (χ2v) is 12.3. The van der Waals surface area contributed by atoms with Crippen LogP contribution in [0.3, 0.4) is 0 Å². The molecular weight excluding hydrogens is 585 g/mol. The van der Waals surface area contributed by atoms with E-state index in [0.29, 0.717) is 22.2 Å². The lowest BCUT2D eigenvalue weighted by Gasteiger charge is -1.96. The van der Waals surface area contributed by atoms with E-state index < -0.39 is 0 Å². The van der Waals surface area contributed by atoms with E-state index in [0.717, 1.165) is 42.3 Å². The number of ketones is 1. The van der Waals surface area contributed by atoms with Gasteiger partial charge in [-0.2, -0.15) is 0 Å². The summed E-state index contributed by atoms with van der Waals surface area (Å²) in [4.78, 5) is 23.5. The number of aromatic nitrogens is 6. The van der Waals surface area contributed by atoms with Gasteiger partial charge in [0.2, 0.25) is 0 Å². The number of carbonyl (C=O) groups excluding carboxylic acids is 1. The highest BCUT2D eigenvalue weighted by atomic mass is 32.2. The van der Waals surface area contributed by atoms with Gasteiger partial charge in [0.25, 0.3) is 22.2 Å². The maximum Gasteiger partial charge on any atom is 0.277 e. The second-order valence-electron chi connectivity index (χ2n) is 8.46. The van der Waals surface area contributed by atoms with E-state index in [4.69, 9.17) is 8.83 Å². The lowest BCUT2D eigenvalue weighted by Crippen LogP contribution is -2.04. The maximum absolute atomic E-state index is 12.5. The van der Waals surface area contributed by atoms with Crippen LogP contribution in [0.5, 0.6) is 0 Å². The van der Waals surface area contributed by atoms with Gasteiger partial charge in [0.15, 0.2) is 5.78 Å². The average Bonchev–Trinajstić information content (AvgIpc) is 3.78. The number of Topliss-reactive ketones (excluding diaryl/α,β-unsaturated/α-hetero) is 1. The van der Waals surface area contributed by atoms with Crippen molar-refractivity contribution in [2.75, 3.05) is 11.5 Å². The number of thiazole rings is 2. The van der Waals surface area contributed by atoms with E-state index in [1.54, 1.807) is 0 Å². The van der Waals surface area contributed by atoms with E-state index in [-0.39, 0.29) is 17.3 Å². The van der Waals surface area contributed by atoms with Gasteiger partial charge in [-0.05, 0) is 13.8 Å². The van der Waals surface area contributed by atoms with Crippen LogP contribution in [0, 0.1) is 13.8 Å². The molecule has 0 amide bonds. The first-order valence-corrected chi connectivity index (χ1v) is 15.6. The topological polar surface area (TPSA) is 121 Å². The Kier molecular flexibility index (Phi) is 7.86. The molecule has 9 nitrogen and oxygen atoms in total. The zero-order valence-corrected chi connectivity index (χ0v) is 24.5. The van der Waals surface area contributed by atoms with Crippen LogP contribution in [0.1, 0.15) is 11.4 Å². The van der Waals surface area contributed by atoms with Gasteiger partial charge < -0.3 is 8.83 Å². The summed E-state index contributed by atoms with van der Waals surface area (Å²) >= 11 is 5.40. The first-order chi connectivity index (χ1) is 19.5. The third-order valence-corrected chi connectivity index (χ3v) is 9.69. The zero-order chi connectivity index (χ0) is 27.5. The van der Waals surface area contributed by atoms with Crippen LogP contribution in [-0.4, -0.2) is 47.7 Å². The van der Waals surface area contributed by atoms with Crippen molar-refractivity contribution >= 4 is 52.0 Å². The second kappa shape index (κ2) is 11.8. The summed E-state index contributed by atoms with van der Waals surface area (Å²) in [5, 5.41) is 19.0. The van der Waals surface area contributed by atoms with Crippen molar-refractivity contribution in [3.05, 3.63) is 72.1 Å². The molecule has 0 aliphatic rings. The molecule has 6 aromatic rings. The molecule has 40 heavy (non-hydrogen) atoms. The van der Waals surface area contributed by atoms with Crippen molar-refractivity contribution in [1.29, 1.82) is 0 Å². The third-order valence-electron chi connectivity index (χ3n) is 5.55. The molecule has 0 saturated carbocycles. The average molecular weight is 605 g/mol. The highest BCUT2D eigenvalue weighted by Gasteiger charge is 2.20. The lowest BCUT2D eigenvalue weighted by atomic mass is 10.2. The van der Waals surface area contributed by atoms with Gasteiger partial charge in [-0.3, -0.25) is 4.79 Å². The molecular formula is C27H20N6O3S4. The van der Waals surface area contributed by atoms with Gasteiger partial charge in [-0.1, -0.05) is 84.2 Å². The molecule has 0 saturated heterocycles. The molecule has 0 bridgehead atoms. The Morgan fingerprint density at radius 1 is 0.675 bits per heavy atom. The highest BCUT2D eigenvalue weighted by Crippen LogP contribution is 2.37. The Labute approximate surface area is 245 Å². The third kappa shape index (κ3) is 5.92. The van der Waals surface area contributed by atoms with Crippen LogP contribution in [0.25, 0.3) is 42.7 Å². The molecule has 13 heteroatoms. The normalized spacial score (nSPS) is 11.2. The number of hydrogen-bond donors (Lipinski definition) is 0. The molecule has 4 heterocycles. The van der Waals surface area contributed by atoms with Crippen LogP contribution >= 0.6 is 46.2 Å². The standard InChI is InChI=1S/C27H20N6O3S4/c1-15-20(39-24(28-15)17-9-5-3-6-10-17)22-30-32-26(35-22)37-13-19(34)14-38-27-33-31-23(36-27)21-16(2)29-25(40-21)18-11-7-4-8-12-18/h3-12H,13-14H2,1-2H3. The van der Waals surface area contributed by atoms with Crippen LogP contribution in [-0.2, 0) is 4.79 Å². The molecule has 0 unspecified atom stereocenters. The minimum Gasteiger partial charge on any atom is -0.410 e. The van der Waals surface area contributed by atoms with Gasteiger partial charge in [-0.15, -0.1) is 43.1 Å². The minimum absolute atomic E-state index is 0.0184. The number of benzene rings is 2. The molecule has 4 aromatic heterocycles. The smallest absolute Gasteiger partial charge is 0.277 e. The van der Waals surface area contributed by atoms with Crippen LogP contribution in [0.4, 0.5) is 0 Å². The predicted octanol–water partition coefficient (Wildman–Crippen LogP) is 7.10. The summed E-state index contributed by atoms with van der Waals surface area (Å²) in [5.41, 5.74) is 3.71. The van der Waals surface area contributed by atoms with Crippen molar-refractivity contribution < 1.29 is 13.6 Å². The van der Waals surface area contributed by atoms with Gasteiger partial charge >= 0.3 is 0 Å². The van der Waals surface area contributed by atoms with E-state index in [1.807, 2.05) is 74.5 Å². The van der Waals surface area contributed by atoms with Crippen molar-refractivity contribution in [3.8, 4) is 42.7 Å². The number of rotatable bonds is 10. The molecule has 0 fully saturated rings. The van der Waals surface area contributed by atoms with Crippen molar-refractivity contribution in [3.63, 3.8) is 0 Å². The van der Waals surface area contributed by atoms with Crippen molar-refractivity contribution in [1.82, 2.24) is 30.4 Å². The molecule has 2 aromatic carbocycles. The van der Waals surface area contributed by atoms with E-state index >= 15 is 0 Å². The van der Waals surface area contributed by atoms with Crippen LogP contribution in [0.2, 0.25) is 0 Å². The van der Waals surface area contributed by atoms with Crippen molar-refractivity contribution in [2.24, 2.45) is 0 Å². The van der Waals surface area contributed by atoms with E-state index in [2.05, 4.69) is 30.4 Å². The fraction of sp³-hybridized carbons (Fsp3) is 0.148. The largest absolute Gasteiger partial charge is 0.410 e. The summed E-state index contributed by atoms with van der Waals surface area (Å²) in [6, 6.07) is 19.9. The Balaban J connectivity index is 1.03. The molecule has 200 valence electrons.